The minimum absolute atomic E-state index is 0.129. The van der Waals surface area contributed by atoms with Crippen LogP contribution in [0, 0.1) is 0 Å². The van der Waals surface area contributed by atoms with Crippen molar-refractivity contribution in [3.63, 3.8) is 0 Å². The highest BCUT2D eigenvalue weighted by molar-refractivity contribution is 6.09. The minimum Gasteiger partial charge on any atom is -0.449 e. The third-order valence-electron chi connectivity index (χ3n) is 3.52. The van der Waals surface area contributed by atoms with Gasteiger partial charge in [-0.3, -0.25) is 4.79 Å². The van der Waals surface area contributed by atoms with Crippen molar-refractivity contribution in [1.29, 1.82) is 0 Å². The average Bonchev–Trinajstić information content (AvgIpc) is 2.56. The Morgan fingerprint density at radius 2 is 1.77 bits per heavy atom. The van der Waals surface area contributed by atoms with Crippen LogP contribution in [0.5, 0.6) is 5.75 Å². The number of carbonyl (C=O) groups is 1. The van der Waals surface area contributed by atoms with Gasteiger partial charge in [0.2, 0.25) is 0 Å². The van der Waals surface area contributed by atoms with Crippen LogP contribution in [0.15, 0.2) is 60.4 Å². The van der Waals surface area contributed by atoms with Crippen LogP contribution in [0.25, 0.3) is 6.08 Å². The molecule has 22 heavy (non-hydrogen) atoms. The van der Waals surface area contributed by atoms with Crippen molar-refractivity contribution in [2.45, 2.75) is 6.42 Å². The summed E-state index contributed by atoms with van der Waals surface area (Å²) in [5.41, 5.74) is 7.32. The van der Waals surface area contributed by atoms with Gasteiger partial charge in [0.25, 0.3) is 5.91 Å². The number of para-hydroxylation sites is 2. The van der Waals surface area contributed by atoms with E-state index in [-0.39, 0.29) is 5.91 Å². The Bertz CT molecular complexity index is 695. The van der Waals surface area contributed by atoms with Crippen LogP contribution in [0.2, 0.25) is 0 Å². The Hall–Kier alpha value is -2.59. The van der Waals surface area contributed by atoms with Crippen LogP contribution < -0.4 is 15.4 Å². The van der Waals surface area contributed by atoms with Crippen LogP contribution in [0.1, 0.15) is 12.0 Å². The maximum absolute atomic E-state index is 12.7. The summed E-state index contributed by atoms with van der Waals surface area (Å²) in [5, 5.41) is 0. The third kappa shape index (κ3) is 2.87. The van der Waals surface area contributed by atoms with E-state index in [2.05, 4.69) is 0 Å². The highest BCUT2D eigenvalue weighted by Crippen LogP contribution is 2.35. The summed E-state index contributed by atoms with van der Waals surface area (Å²) in [7, 11) is 0. The smallest absolute Gasteiger partial charge is 0.294 e. The average molecular weight is 294 g/mol. The number of hydrogen-bond donors (Lipinski definition) is 1. The Labute approximate surface area is 129 Å². The number of hydrogen-bond acceptors (Lipinski definition) is 3. The first kappa shape index (κ1) is 14.4. The molecule has 0 saturated heterocycles. The fraction of sp³-hybridized carbons (Fsp3) is 0.167. The normalized spacial score (nSPS) is 15.6. The van der Waals surface area contributed by atoms with Gasteiger partial charge in [-0.1, -0.05) is 42.5 Å². The molecule has 2 aromatic carbocycles. The van der Waals surface area contributed by atoms with Gasteiger partial charge < -0.3 is 15.4 Å². The number of amides is 1. The zero-order valence-electron chi connectivity index (χ0n) is 12.2. The van der Waals surface area contributed by atoms with Crippen LogP contribution in [-0.2, 0) is 4.79 Å². The molecule has 0 aliphatic carbocycles. The lowest BCUT2D eigenvalue weighted by molar-refractivity contribution is -0.117. The molecule has 0 unspecified atom stereocenters. The minimum atomic E-state index is -0.129. The number of carbonyl (C=O) groups excluding carboxylic acids is 1. The molecule has 0 aromatic heterocycles. The molecule has 1 amide bonds. The first-order chi connectivity index (χ1) is 10.8. The molecule has 2 aromatic rings. The van der Waals surface area contributed by atoms with Crippen molar-refractivity contribution in [1.82, 2.24) is 0 Å². The van der Waals surface area contributed by atoms with E-state index in [1.54, 1.807) is 11.0 Å². The van der Waals surface area contributed by atoms with E-state index in [1.165, 1.54) is 0 Å². The number of rotatable bonds is 4. The molecule has 0 radical (unpaired) electrons. The summed E-state index contributed by atoms with van der Waals surface area (Å²) >= 11 is 0. The number of nitrogens with two attached hydrogens (primary N) is 1. The fourth-order valence-electron chi connectivity index (χ4n) is 2.43. The van der Waals surface area contributed by atoms with Crippen molar-refractivity contribution in [3.05, 3.63) is 65.9 Å². The molecule has 1 heterocycles. The van der Waals surface area contributed by atoms with Crippen LogP contribution in [0.3, 0.4) is 0 Å². The molecule has 1 aliphatic heterocycles. The molecule has 1 aliphatic rings. The molecular weight excluding hydrogens is 276 g/mol. The molecular formula is C18H18N2O2. The van der Waals surface area contributed by atoms with E-state index < -0.39 is 0 Å². The SMILES string of the molecule is NCCCN1C(=O)/C(=C\c2ccccc2)Oc2ccccc21. The summed E-state index contributed by atoms with van der Waals surface area (Å²) in [6.45, 7) is 1.13. The second-order valence-electron chi connectivity index (χ2n) is 5.09. The van der Waals surface area contributed by atoms with Crippen LogP contribution in [0.4, 0.5) is 5.69 Å². The zero-order valence-corrected chi connectivity index (χ0v) is 12.2. The highest BCUT2D eigenvalue weighted by Gasteiger charge is 2.29. The Balaban J connectivity index is 1.98. The first-order valence-corrected chi connectivity index (χ1v) is 7.35. The number of fused-ring (bicyclic) bond motifs is 1. The Kier molecular flexibility index (Phi) is 4.21. The van der Waals surface area contributed by atoms with Crippen molar-refractivity contribution in [2.75, 3.05) is 18.0 Å². The van der Waals surface area contributed by atoms with Gasteiger partial charge in [0.1, 0.15) is 0 Å². The van der Waals surface area contributed by atoms with Gasteiger partial charge in [-0.2, -0.15) is 0 Å². The third-order valence-corrected chi connectivity index (χ3v) is 3.52. The van der Waals surface area contributed by atoms with E-state index in [1.807, 2.05) is 54.6 Å². The molecule has 0 bridgehead atoms. The second kappa shape index (κ2) is 6.45. The molecule has 0 saturated carbocycles. The lowest BCUT2D eigenvalue weighted by Gasteiger charge is -2.30. The molecule has 4 nitrogen and oxygen atoms in total. The first-order valence-electron chi connectivity index (χ1n) is 7.35. The van der Waals surface area contributed by atoms with Crippen LogP contribution in [-0.4, -0.2) is 19.0 Å². The summed E-state index contributed by atoms with van der Waals surface area (Å²) in [5.74, 6) is 0.902. The van der Waals surface area contributed by atoms with Gasteiger partial charge in [0.05, 0.1) is 5.69 Å². The Morgan fingerprint density at radius 1 is 1.05 bits per heavy atom. The summed E-state index contributed by atoms with van der Waals surface area (Å²) in [6.07, 6.45) is 2.52. The number of benzene rings is 2. The predicted octanol–water partition coefficient (Wildman–Crippen LogP) is 2.80. The molecule has 2 N–H and O–H groups in total. The lowest BCUT2D eigenvalue weighted by Crippen LogP contribution is -2.38. The standard InChI is InChI=1S/C18H18N2O2/c19-11-6-12-20-15-9-4-5-10-16(15)22-17(18(20)21)13-14-7-2-1-3-8-14/h1-5,7-10,13H,6,11-12,19H2/b17-13+. The molecule has 0 fully saturated rings. The number of anilines is 1. The van der Waals surface area contributed by atoms with Crippen molar-refractivity contribution in [2.24, 2.45) is 5.73 Å². The quantitative estimate of drug-likeness (QED) is 0.882. The van der Waals surface area contributed by atoms with Gasteiger partial charge >= 0.3 is 0 Å². The monoisotopic (exact) mass is 294 g/mol. The van der Waals surface area contributed by atoms with Crippen molar-refractivity contribution >= 4 is 17.7 Å². The maximum Gasteiger partial charge on any atom is 0.294 e. The highest BCUT2D eigenvalue weighted by atomic mass is 16.5. The fourth-order valence-corrected chi connectivity index (χ4v) is 2.43. The van der Waals surface area contributed by atoms with E-state index in [0.717, 1.165) is 17.7 Å². The largest absolute Gasteiger partial charge is 0.449 e. The van der Waals surface area contributed by atoms with Gasteiger partial charge in [0.15, 0.2) is 11.5 Å². The van der Waals surface area contributed by atoms with E-state index >= 15 is 0 Å². The predicted molar refractivity (Wildman–Crippen MR) is 87.5 cm³/mol. The van der Waals surface area contributed by atoms with Gasteiger partial charge in [-0.25, -0.2) is 0 Å². The summed E-state index contributed by atoms with van der Waals surface area (Å²) in [4.78, 5) is 14.4. The topological polar surface area (TPSA) is 55.6 Å². The van der Waals surface area contributed by atoms with Crippen molar-refractivity contribution < 1.29 is 9.53 Å². The van der Waals surface area contributed by atoms with E-state index in [4.69, 9.17) is 10.5 Å². The Morgan fingerprint density at radius 3 is 2.55 bits per heavy atom. The molecule has 0 atom stereocenters. The lowest BCUT2D eigenvalue weighted by atomic mass is 10.1. The zero-order chi connectivity index (χ0) is 15.4. The van der Waals surface area contributed by atoms with Gasteiger partial charge in [-0.05, 0) is 36.7 Å². The van der Waals surface area contributed by atoms with Gasteiger partial charge in [0, 0.05) is 6.54 Å². The van der Waals surface area contributed by atoms with Crippen molar-refractivity contribution in [3.8, 4) is 5.75 Å². The molecule has 4 heteroatoms. The maximum atomic E-state index is 12.7. The molecule has 112 valence electrons. The van der Waals surface area contributed by atoms with E-state index in [0.29, 0.717) is 24.6 Å². The summed E-state index contributed by atoms with van der Waals surface area (Å²) < 4.78 is 5.80. The molecule has 0 spiro atoms. The van der Waals surface area contributed by atoms with E-state index in [9.17, 15) is 4.79 Å². The summed E-state index contributed by atoms with van der Waals surface area (Å²) in [6, 6.07) is 17.2. The van der Waals surface area contributed by atoms with Crippen LogP contribution >= 0.6 is 0 Å². The molecule has 3 rings (SSSR count). The van der Waals surface area contributed by atoms with Gasteiger partial charge in [-0.15, -0.1) is 0 Å². The number of ether oxygens (including phenoxy) is 1. The number of nitrogens with zero attached hydrogens (tertiary/aromatic N) is 1. The second-order valence-corrected chi connectivity index (χ2v) is 5.09.